The molecular weight excluding hydrogens is 210 g/mol. The van der Waals surface area contributed by atoms with Gasteiger partial charge in [0.1, 0.15) is 6.04 Å². The van der Waals surface area contributed by atoms with Crippen molar-refractivity contribution in [3.05, 3.63) is 0 Å². The van der Waals surface area contributed by atoms with Crippen LogP contribution in [0.2, 0.25) is 18.1 Å². The molecule has 2 atom stereocenters. The summed E-state index contributed by atoms with van der Waals surface area (Å²) in [5.41, 5.74) is 5.51. The predicted molar refractivity (Wildman–Crippen MR) is 63.4 cm³/mol. The van der Waals surface area contributed by atoms with Gasteiger partial charge in [0.05, 0.1) is 6.10 Å². The molecule has 5 heteroatoms. The standard InChI is InChI=1S/C10H23NO3Si/c1-7(8(11)9(12)13)14-15(5,6)10(2,3)4/h7-8H,11H2,1-6H3,(H,12,13). The Balaban J connectivity index is 4.54. The fourth-order valence-electron chi connectivity index (χ4n) is 0.916. The summed E-state index contributed by atoms with van der Waals surface area (Å²) in [4.78, 5) is 10.7. The average molecular weight is 233 g/mol. The molecule has 0 aliphatic carbocycles. The SMILES string of the molecule is CC(O[Si](C)(C)C(C)(C)C)C(N)C(=O)O. The first kappa shape index (κ1) is 14.6. The second kappa shape index (κ2) is 4.63. The molecule has 0 radical (unpaired) electrons. The van der Waals surface area contributed by atoms with Gasteiger partial charge < -0.3 is 15.3 Å². The number of carbonyl (C=O) groups is 1. The van der Waals surface area contributed by atoms with Crippen molar-refractivity contribution in [2.24, 2.45) is 5.73 Å². The summed E-state index contributed by atoms with van der Waals surface area (Å²) in [5.74, 6) is -1.01. The number of carboxylic acids is 1. The van der Waals surface area contributed by atoms with Crippen molar-refractivity contribution >= 4 is 14.3 Å². The largest absolute Gasteiger partial charge is 0.480 e. The van der Waals surface area contributed by atoms with Crippen LogP contribution in [0.1, 0.15) is 27.7 Å². The van der Waals surface area contributed by atoms with Gasteiger partial charge in [-0.3, -0.25) is 4.79 Å². The lowest BCUT2D eigenvalue weighted by Crippen LogP contribution is -2.50. The molecule has 0 aromatic heterocycles. The molecule has 0 fully saturated rings. The average Bonchev–Trinajstić information content (AvgIpc) is 1.99. The molecule has 90 valence electrons. The summed E-state index contributed by atoms with van der Waals surface area (Å²) in [6.45, 7) is 12.2. The van der Waals surface area contributed by atoms with Crippen molar-refractivity contribution in [2.45, 2.75) is 58.0 Å². The molecule has 0 aliphatic heterocycles. The van der Waals surface area contributed by atoms with Crippen molar-refractivity contribution in [2.75, 3.05) is 0 Å². The highest BCUT2D eigenvalue weighted by Gasteiger charge is 2.40. The molecule has 15 heavy (non-hydrogen) atoms. The number of nitrogens with two attached hydrogens (primary N) is 1. The van der Waals surface area contributed by atoms with Crippen LogP contribution in [-0.2, 0) is 9.22 Å². The first-order valence-corrected chi connectivity index (χ1v) is 8.06. The van der Waals surface area contributed by atoms with E-state index in [1.54, 1.807) is 6.92 Å². The van der Waals surface area contributed by atoms with Crippen LogP contribution in [0.5, 0.6) is 0 Å². The third-order valence-electron chi connectivity index (χ3n) is 3.08. The zero-order chi connectivity index (χ0) is 12.4. The van der Waals surface area contributed by atoms with Gasteiger partial charge in [-0.2, -0.15) is 0 Å². The topological polar surface area (TPSA) is 72.5 Å². The van der Waals surface area contributed by atoms with E-state index in [2.05, 4.69) is 33.9 Å². The minimum absolute atomic E-state index is 0.0689. The van der Waals surface area contributed by atoms with E-state index >= 15 is 0 Å². The van der Waals surface area contributed by atoms with Gasteiger partial charge in [0.2, 0.25) is 0 Å². The van der Waals surface area contributed by atoms with Crippen molar-refractivity contribution in [1.29, 1.82) is 0 Å². The fraction of sp³-hybridized carbons (Fsp3) is 0.900. The number of carboxylic acid groups (broad SMARTS) is 1. The first-order chi connectivity index (χ1) is 6.49. The highest BCUT2D eigenvalue weighted by atomic mass is 28.4. The summed E-state index contributed by atoms with van der Waals surface area (Å²) in [6, 6.07) is -0.945. The van der Waals surface area contributed by atoms with Gasteiger partial charge in [-0.25, -0.2) is 0 Å². The van der Waals surface area contributed by atoms with Crippen molar-refractivity contribution in [3.63, 3.8) is 0 Å². The van der Waals surface area contributed by atoms with E-state index in [4.69, 9.17) is 15.3 Å². The second-order valence-corrected chi connectivity index (χ2v) is 10.2. The van der Waals surface area contributed by atoms with Gasteiger partial charge in [0.25, 0.3) is 0 Å². The molecule has 3 N–H and O–H groups in total. The van der Waals surface area contributed by atoms with E-state index in [-0.39, 0.29) is 5.04 Å². The van der Waals surface area contributed by atoms with Crippen LogP contribution in [0.4, 0.5) is 0 Å². The monoisotopic (exact) mass is 233 g/mol. The van der Waals surface area contributed by atoms with Crippen molar-refractivity contribution in [3.8, 4) is 0 Å². The highest BCUT2D eigenvalue weighted by molar-refractivity contribution is 6.74. The summed E-state index contributed by atoms with van der Waals surface area (Å²) < 4.78 is 5.86. The molecule has 0 aromatic rings. The maximum absolute atomic E-state index is 10.7. The fourth-order valence-corrected chi connectivity index (χ4v) is 2.35. The maximum atomic E-state index is 10.7. The van der Waals surface area contributed by atoms with Gasteiger partial charge >= 0.3 is 5.97 Å². The quantitative estimate of drug-likeness (QED) is 0.726. The molecule has 0 amide bonds. The second-order valence-electron chi connectivity index (χ2n) is 5.45. The third-order valence-corrected chi connectivity index (χ3v) is 7.65. The molecule has 4 nitrogen and oxygen atoms in total. The molecule has 0 saturated carbocycles. The Morgan fingerprint density at radius 2 is 1.80 bits per heavy atom. The smallest absolute Gasteiger partial charge is 0.323 e. The minimum atomic E-state index is -1.92. The van der Waals surface area contributed by atoms with Crippen LogP contribution in [-0.4, -0.2) is 31.5 Å². The summed E-state index contributed by atoms with van der Waals surface area (Å²) in [5, 5.41) is 8.83. The van der Waals surface area contributed by atoms with Gasteiger partial charge in [0.15, 0.2) is 8.32 Å². The van der Waals surface area contributed by atoms with E-state index in [1.807, 2.05) is 0 Å². The zero-order valence-electron chi connectivity index (χ0n) is 10.5. The first-order valence-electron chi connectivity index (χ1n) is 5.15. The summed E-state index contributed by atoms with van der Waals surface area (Å²) >= 11 is 0. The van der Waals surface area contributed by atoms with Crippen LogP contribution < -0.4 is 5.73 Å². The minimum Gasteiger partial charge on any atom is -0.480 e. The normalized spacial score (nSPS) is 17.3. The van der Waals surface area contributed by atoms with Crippen LogP contribution in [0, 0.1) is 0 Å². The summed E-state index contributed by atoms with van der Waals surface area (Å²) in [7, 11) is -1.92. The Kier molecular flexibility index (Phi) is 4.51. The van der Waals surface area contributed by atoms with E-state index in [9.17, 15) is 4.79 Å². The van der Waals surface area contributed by atoms with Crippen LogP contribution in [0.25, 0.3) is 0 Å². The van der Waals surface area contributed by atoms with Crippen molar-refractivity contribution < 1.29 is 14.3 Å². The number of hydrogen-bond donors (Lipinski definition) is 2. The van der Waals surface area contributed by atoms with Gasteiger partial charge in [-0.1, -0.05) is 20.8 Å². The van der Waals surface area contributed by atoms with Crippen LogP contribution in [0.15, 0.2) is 0 Å². The number of aliphatic carboxylic acids is 1. The Labute approximate surface area is 92.9 Å². The van der Waals surface area contributed by atoms with Gasteiger partial charge in [-0.15, -0.1) is 0 Å². The Morgan fingerprint density at radius 3 is 2.07 bits per heavy atom. The highest BCUT2D eigenvalue weighted by Crippen LogP contribution is 2.37. The van der Waals surface area contributed by atoms with E-state index in [0.29, 0.717) is 0 Å². The molecule has 0 bridgehead atoms. The Morgan fingerprint density at radius 1 is 1.40 bits per heavy atom. The number of hydrogen-bond acceptors (Lipinski definition) is 3. The third kappa shape index (κ3) is 3.93. The molecule has 0 aliphatic rings. The molecule has 0 saturated heterocycles. The van der Waals surface area contributed by atoms with Gasteiger partial charge in [-0.05, 0) is 25.1 Å². The predicted octanol–water partition coefficient (Wildman–Crippen LogP) is 1.81. The Hall–Kier alpha value is -0.393. The van der Waals surface area contributed by atoms with E-state index in [1.165, 1.54) is 0 Å². The van der Waals surface area contributed by atoms with E-state index < -0.39 is 26.4 Å². The summed E-state index contributed by atoms with van der Waals surface area (Å²) in [6.07, 6.45) is -0.441. The molecule has 0 rings (SSSR count). The molecule has 2 unspecified atom stereocenters. The number of rotatable bonds is 4. The van der Waals surface area contributed by atoms with E-state index in [0.717, 1.165) is 0 Å². The molecule has 0 heterocycles. The van der Waals surface area contributed by atoms with Crippen molar-refractivity contribution in [1.82, 2.24) is 0 Å². The van der Waals surface area contributed by atoms with Gasteiger partial charge in [0, 0.05) is 0 Å². The zero-order valence-corrected chi connectivity index (χ0v) is 11.5. The molecule has 0 aromatic carbocycles. The van der Waals surface area contributed by atoms with Crippen LogP contribution in [0.3, 0.4) is 0 Å². The Bertz CT molecular complexity index is 235. The lowest BCUT2D eigenvalue weighted by Gasteiger charge is -2.39. The maximum Gasteiger partial charge on any atom is 0.323 e. The molecular formula is C10H23NO3Si. The lowest BCUT2D eigenvalue weighted by atomic mass is 10.2. The molecule has 0 spiro atoms. The lowest BCUT2D eigenvalue weighted by molar-refractivity contribution is -0.140. The van der Waals surface area contributed by atoms with Crippen LogP contribution >= 0.6 is 0 Å².